The predicted molar refractivity (Wildman–Crippen MR) is 60.5 cm³/mol. The van der Waals surface area contributed by atoms with E-state index in [1.807, 2.05) is 6.07 Å². The lowest BCUT2D eigenvalue weighted by molar-refractivity contribution is 0.397. The van der Waals surface area contributed by atoms with Crippen LogP contribution in [0.25, 0.3) is 0 Å². The molecule has 0 aliphatic carbocycles. The van der Waals surface area contributed by atoms with Crippen LogP contribution >= 0.6 is 18.2 Å². The molecule has 0 atom stereocenters. The maximum atomic E-state index is 10.4. The maximum absolute atomic E-state index is 10.4. The highest BCUT2D eigenvalue weighted by atomic mass is 32.7. The quantitative estimate of drug-likeness (QED) is 0.336. The molecule has 15 heavy (non-hydrogen) atoms. The zero-order valence-corrected chi connectivity index (χ0v) is 10.1. The molecule has 0 spiro atoms. The van der Waals surface area contributed by atoms with E-state index in [9.17, 15) is 4.57 Å². The summed E-state index contributed by atoms with van der Waals surface area (Å²) in [7, 11) is 0. The summed E-state index contributed by atoms with van der Waals surface area (Å²) in [4.78, 5) is 17.0. The van der Waals surface area contributed by atoms with Crippen LogP contribution < -0.4 is 10.6 Å². The first-order valence-electron chi connectivity index (χ1n) is 4.55. The van der Waals surface area contributed by atoms with Gasteiger partial charge in [-0.2, -0.15) is 5.26 Å². The molecule has 4 N–H and O–H groups in total. The van der Waals surface area contributed by atoms with E-state index in [1.54, 1.807) is 0 Å². The number of rotatable bonds is 9. The first-order valence-corrected chi connectivity index (χ1v) is 7.75. The molecule has 88 valence electrons. The molecule has 0 bridgehead atoms. The first kappa shape index (κ1) is 14.9. The summed E-state index contributed by atoms with van der Waals surface area (Å²) in [6, 6.07) is 2.02. The van der Waals surface area contributed by atoms with Crippen molar-refractivity contribution in [3.8, 4) is 6.07 Å². The van der Waals surface area contributed by atoms with Gasteiger partial charge in [-0.25, -0.2) is 4.57 Å². The van der Waals surface area contributed by atoms with Crippen LogP contribution in [0.1, 0.15) is 6.42 Å². The second-order valence-electron chi connectivity index (χ2n) is 2.73. The van der Waals surface area contributed by atoms with E-state index in [1.165, 1.54) is 0 Å². The molecule has 8 heteroatoms. The maximum Gasteiger partial charge on any atom is 0.384 e. The van der Waals surface area contributed by atoms with Crippen molar-refractivity contribution in [2.45, 2.75) is 6.42 Å². The van der Waals surface area contributed by atoms with Gasteiger partial charge in [-0.05, 0) is 11.4 Å². The Balaban J connectivity index is 3.06. The summed E-state index contributed by atoms with van der Waals surface area (Å²) in [5.74, 6) is 0.391. The number of hydrogen-bond donors (Lipinski definition) is 4. The van der Waals surface area contributed by atoms with Gasteiger partial charge in [0, 0.05) is 38.4 Å². The van der Waals surface area contributed by atoms with Crippen molar-refractivity contribution < 1.29 is 14.4 Å². The summed E-state index contributed by atoms with van der Waals surface area (Å²) in [6.45, 7) is -1.19. The fraction of sp³-hybridized carbons (Fsp3) is 0.857. The van der Waals surface area contributed by atoms with Crippen molar-refractivity contribution >= 4 is 18.2 Å². The average Bonchev–Trinajstić information content (AvgIpc) is 2.14. The normalized spacial score (nSPS) is 11.3. The third-order valence-corrected chi connectivity index (χ3v) is 3.71. The molecule has 0 aliphatic rings. The van der Waals surface area contributed by atoms with Crippen molar-refractivity contribution in [1.29, 1.82) is 5.26 Å². The van der Waals surface area contributed by atoms with Gasteiger partial charge in [-0.15, -0.1) is 0 Å². The van der Waals surface area contributed by atoms with E-state index < -0.39 is 6.80 Å². The highest BCUT2D eigenvalue weighted by molar-refractivity contribution is 8.54. The van der Waals surface area contributed by atoms with E-state index in [0.717, 1.165) is 13.1 Å². The van der Waals surface area contributed by atoms with Gasteiger partial charge < -0.3 is 20.4 Å². The predicted octanol–water partition coefficient (Wildman–Crippen LogP) is -0.0948. The molecule has 0 aromatic rings. The summed E-state index contributed by atoms with van der Waals surface area (Å²) in [6.07, 6.45) is 0.494. The van der Waals surface area contributed by atoms with E-state index in [0.29, 0.717) is 36.6 Å². The standard InChI is InChI=1S/C7H16N3O3PS/c8-2-1-3-9-4-5-10-6-7-15-14(11,12)13/h9-10H,1,3-7H2,(H2,11,12,13). The average molecular weight is 253 g/mol. The Labute approximate surface area is 93.3 Å². The second kappa shape index (κ2) is 9.16. The summed E-state index contributed by atoms with van der Waals surface area (Å²) in [5, 5.41) is 14.3. The van der Waals surface area contributed by atoms with E-state index in [-0.39, 0.29) is 0 Å². The minimum Gasteiger partial charge on any atom is -0.317 e. The van der Waals surface area contributed by atoms with Crippen LogP contribution in [0.5, 0.6) is 0 Å². The highest BCUT2D eigenvalue weighted by Gasteiger charge is 2.11. The van der Waals surface area contributed by atoms with Crippen molar-refractivity contribution in [3.63, 3.8) is 0 Å². The van der Waals surface area contributed by atoms with Crippen molar-refractivity contribution in [1.82, 2.24) is 10.6 Å². The Hall–Kier alpha value is -0.0900. The zero-order valence-electron chi connectivity index (χ0n) is 8.35. The number of hydrogen-bond acceptors (Lipinski definition) is 5. The van der Waals surface area contributed by atoms with Gasteiger partial charge in [-0.3, -0.25) is 0 Å². The molecule has 0 aromatic heterocycles. The van der Waals surface area contributed by atoms with E-state index in [4.69, 9.17) is 15.0 Å². The van der Waals surface area contributed by atoms with Crippen LogP contribution in [0.4, 0.5) is 0 Å². The molecule has 0 fully saturated rings. The van der Waals surface area contributed by atoms with Crippen molar-refractivity contribution in [2.24, 2.45) is 0 Å². The lowest BCUT2D eigenvalue weighted by Gasteiger charge is -2.05. The monoisotopic (exact) mass is 253 g/mol. The van der Waals surface area contributed by atoms with Crippen LogP contribution in [0.3, 0.4) is 0 Å². The lowest BCUT2D eigenvalue weighted by Crippen LogP contribution is -2.29. The van der Waals surface area contributed by atoms with Crippen molar-refractivity contribution in [2.75, 3.05) is 31.9 Å². The van der Waals surface area contributed by atoms with E-state index >= 15 is 0 Å². The number of nitrogens with zero attached hydrogens (tertiary/aromatic N) is 1. The second-order valence-corrected chi connectivity index (χ2v) is 6.58. The van der Waals surface area contributed by atoms with Gasteiger partial charge in [0.2, 0.25) is 0 Å². The lowest BCUT2D eigenvalue weighted by atomic mass is 10.4. The molecule has 0 heterocycles. The minimum atomic E-state index is -3.91. The largest absolute Gasteiger partial charge is 0.384 e. The van der Waals surface area contributed by atoms with Gasteiger partial charge in [0.05, 0.1) is 6.07 Å². The summed E-state index contributed by atoms with van der Waals surface area (Å²) >= 11 is 0.646. The fourth-order valence-corrected chi connectivity index (χ4v) is 2.27. The Morgan fingerprint density at radius 1 is 1.20 bits per heavy atom. The minimum absolute atomic E-state index is 0.391. The fourth-order valence-electron chi connectivity index (χ4n) is 0.808. The van der Waals surface area contributed by atoms with Crippen LogP contribution in [-0.4, -0.2) is 41.7 Å². The smallest absolute Gasteiger partial charge is 0.317 e. The van der Waals surface area contributed by atoms with Crippen LogP contribution in [0.2, 0.25) is 0 Å². The molecule has 0 aromatic carbocycles. The number of nitriles is 1. The Morgan fingerprint density at radius 2 is 1.80 bits per heavy atom. The first-order chi connectivity index (χ1) is 7.06. The van der Waals surface area contributed by atoms with Crippen LogP contribution in [-0.2, 0) is 4.57 Å². The van der Waals surface area contributed by atoms with Gasteiger partial charge >= 0.3 is 6.80 Å². The molecule has 0 saturated heterocycles. The molecule has 0 radical (unpaired) electrons. The van der Waals surface area contributed by atoms with Crippen LogP contribution in [0.15, 0.2) is 0 Å². The Bertz CT molecular complexity index is 240. The summed E-state index contributed by atoms with van der Waals surface area (Å²) < 4.78 is 10.4. The third-order valence-electron chi connectivity index (χ3n) is 1.43. The molecule has 0 aliphatic heterocycles. The van der Waals surface area contributed by atoms with Gasteiger partial charge in [-0.1, -0.05) is 0 Å². The SMILES string of the molecule is N#CCCNCCNCCSP(=O)(O)O. The van der Waals surface area contributed by atoms with Gasteiger partial charge in [0.1, 0.15) is 0 Å². The molecule has 6 nitrogen and oxygen atoms in total. The highest BCUT2D eigenvalue weighted by Crippen LogP contribution is 2.49. The Kier molecular flexibility index (Phi) is 9.10. The molecule has 0 saturated carbocycles. The van der Waals surface area contributed by atoms with Crippen molar-refractivity contribution in [3.05, 3.63) is 0 Å². The molecular weight excluding hydrogens is 237 g/mol. The molecular formula is C7H16N3O3PS. The molecule has 0 amide bonds. The Morgan fingerprint density at radius 3 is 2.33 bits per heavy atom. The van der Waals surface area contributed by atoms with Gasteiger partial charge in [0.15, 0.2) is 0 Å². The zero-order chi connectivity index (χ0) is 11.6. The molecule has 0 rings (SSSR count). The third kappa shape index (κ3) is 13.9. The topological polar surface area (TPSA) is 105 Å². The van der Waals surface area contributed by atoms with E-state index in [2.05, 4.69) is 10.6 Å². The van der Waals surface area contributed by atoms with Crippen LogP contribution in [0, 0.1) is 11.3 Å². The van der Waals surface area contributed by atoms with Gasteiger partial charge in [0.25, 0.3) is 0 Å². The molecule has 0 unspecified atom stereocenters. The summed E-state index contributed by atoms with van der Waals surface area (Å²) in [5.41, 5.74) is 0. The number of nitrogens with one attached hydrogen (secondary N) is 2.